The van der Waals surface area contributed by atoms with E-state index in [0.717, 1.165) is 0 Å². The Balaban J connectivity index is 1.71. The van der Waals surface area contributed by atoms with Crippen molar-refractivity contribution in [2.45, 2.75) is 32.2 Å². The summed E-state index contributed by atoms with van der Waals surface area (Å²) in [5.41, 5.74) is -0.769. The predicted octanol–water partition coefficient (Wildman–Crippen LogP) is 1.66. The first kappa shape index (κ1) is 25.4. The molecule has 0 amide bonds. The maximum Gasteiger partial charge on any atom is 0.459 e. The van der Waals surface area contributed by atoms with Gasteiger partial charge >= 0.3 is 19.4 Å². The molecule has 2 aromatic rings. The molecule has 12 nitrogen and oxygen atoms in total. The van der Waals surface area contributed by atoms with E-state index in [1.165, 1.54) is 44.0 Å². The summed E-state index contributed by atoms with van der Waals surface area (Å²) in [5, 5.41) is 2.54. The number of nitrogens with one attached hydrogen (secondary N) is 2. The highest BCUT2D eigenvalue weighted by Gasteiger charge is 2.34. The molecule has 0 fully saturated rings. The SMILES string of the molecule is COC(=O)[C@H](C)N[P@](=O)(OC[C@@H]1C=C[C@H](n2cc(C)c(=O)[nH]c2=O)O1)Oc1ccc(OC)cc1. The quantitative estimate of drug-likeness (QED) is 0.283. The van der Waals surface area contributed by atoms with Gasteiger partial charge in [0.05, 0.1) is 20.8 Å². The fourth-order valence-electron chi connectivity index (χ4n) is 3.02. The molecule has 0 aliphatic carbocycles. The van der Waals surface area contributed by atoms with Gasteiger partial charge in [-0.3, -0.25) is 23.7 Å². The van der Waals surface area contributed by atoms with Crippen LogP contribution >= 0.6 is 7.75 Å². The van der Waals surface area contributed by atoms with Crippen LogP contribution in [0.1, 0.15) is 18.7 Å². The number of esters is 1. The van der Waals surface area contributed by atoms with E-state index >= 15 is 0 Å². The van der Waals surface area contributed by atoms with Gasteiger partial charge in [0.2, 0.25) is 0 Å². The van der Waals surface area contributed by atoms with Crippen molar-refractivity contribution in [3.8, 4) is 11.5 Å². The van der Waals surface area contributed by atoms with Gasteiger partial charge in [0.25, 0.3) is 5.56 Å². The van der Waals surface area contributed by atoms with Crippen molar-refractivity contribution in [2.75, 3.05) is 20.8 Å². The molecule has 3 rings (SSSR count). The van der Waals surface area contributed by atoms with E-state index in [1.54, 1.807) is 31.2 Å². The molecule has 1 aromatic heterocycles. The molecule has 0 radical (unpaired) electrons. The van der Waals surface area contributed by atoms with Crippen molar-refractivity contribution in [3.63, 3.8) is 0 Å². The number of carbonyl (C=O) groups excluding carboxylic acids is 1. The van der Waals surface area contributed by atoms with Crippen molar-refractivity contribution in [1.82, 2.24) is 14.6 Å². The fourth-order valence-corrected chi connectivity index (χ4v) is 4.52. The van der Waals surface area contributed by atoms with Crippen LogP contribution in [0.3, 0.4) is 0 Å². The minimum absolute atomic E-state index is 0.213. The molecular weight excluding hydrogens is 469 g/mol. The maximum atomic E-state index is 13.4. The molecule has 13 heteroatoms. The standard InChI is InChI=1S/C21H26N3O9P/c1-13-11-24(21(27)22-19(13)25)18-10-9-17(32-18)12-31-34(28,23-14(2)20(26)30-4)33-16-7-5-15(29-3)6-8-16/h5-11,14,17-18H,12H2,1-4H3,(H,23,28)(H,22,25,27)/t14-,17-,18+,34-/m0/s1. The van der Waals surface area contributed by atoms with Crippen LogP contribution in [-0.4, -0.2) is 48.5 Å². The minimum atomic E-state index is -4.08. The smallest absolute Gasteiger partial charge is 0.459 e. The second kappa shape index (κ2) is 10.8. The van der Waals surface area contributed by atoms with Crippen LogP contribution in [0.5, 0.6) is 11.5 Å². The summed E-state index contributed by atoms with van der Waals surface area (Å²) in [7, 11) is -1.37. The molecule has 1 aromatic carbocycles. The number of benzene rings is 1. The molecule has 0 saturated heterocycles. The van der Waals surface area contributed by atoms with E-state index < -0.39 is 43.3 Å². The second-order valence-electron chi connectivity index (χ2n) is 7.36. The number of methoxy groups -OCH3 is 2. The van der Waals surface area contributed by atoms with Crippen LogP contribution in [0.15, 0.2) is 52.2 Å². The third-order valence-electron chi connectivity index (χ3n) is 4.82. The van der Waals surface area contributed by atoms with Gasteiger partial charge in [0, 0.05) is 11.8 Å². The first-order valence-electron chi connectivity index (χ1n) is 10.2. The molecule has 0 unspecified atom stereocenters. The number of nitrogens with zero attached hydrogens (tertiary/aromatic N) is 1. The van der Waals surface area contributed by atoms with E-state index in [2.05, 4.69) is 14.8 Å². The zero-order valence-electron chi connectivity index (χ0n) is 19.0. The van der Waals surface area contributed by atoms with Gasteiger partial charge in [-0.05, 0) is 44.2 Å². The molecular formula is C21H26N3O9P. The first-order chi connectivity index (χ1) is 16.1. The Labute approximate surface area is 195 Å². The van der Waals surface area contributed by atoms with Crippen molar-refractivity contribution in [2.24, 2.45) is 0 Å². The molecule has 2 N–H and O–H groups in total. The van der Waals surface area contributed by atoms with E-state index in [9.17, 15) is 18.9 Å². The van der Waals surface area contributed by atoms with E-state index in [-0.39, 0.29) is 12.4 Å². The number of hydrogen-bond donors (Lipinski definition) is 2. The van der Waals surface area contributed by atoms with Crippen molar-refractivity contribution in [3.05, 3.63) is 69.0 Å². The van der Waals surface area contributed by atoms with Crippen LogP contribution in [0.4, 0.5) is 0 Å². The first-order valence-corrected chi connectivity index (χ1v) is 11.8. The number of aromatic amines is 1. The summed E-state index contributed by atoms with van der Waals surface area (Å²) in [6, 6.07) is 5.30. The number of carbonyl (C=O) groups is 1. The summed E-state index contributed by atoms with van der Waals surface area (Å²) in [4.78, 5) is 37.7. The molecule has 1 aliphatic rings. The molecule has 0 saturated carbocycles. The number of H-pyrrole nitrogens is 1. The van der Waals surface area contributed by atoms with Crippen molar-refractivity contribution in [1.29, 1.82) is 0 Å². The van der Waals surface area contributed by atoms with Gasteiger partial charge in [-0.15, -0.1) is 0 Å². The monoisotopic (exact) mass is 495 g/mol. The molecule has 0 bridgehead atoms. The third-order valence-corrected chi connectivity index (χ3v) is 6.47. The van der Waals surface area contributed by atoms with Crippen molar-refractivity contribution >= 4 is 13.7 Å². The van der Waals surface area contributed by atoms with Gasteiger partial charge < -0.3 is 18.7 Å². The Morgan fingerprint density at radius 1 is 1.21 bits per heavy atom. The highest BCUT2D eigenvalue weighted by Crippen LogP contribution is 2.45. The number of aromatic nitrogens is 2. The average Bonchev–Trinajstić information content (AvgIpc) is 3.29. The maximum absolute atomic E-state index is 13.4. The number of aryl methyl sites for hydroxylation is 1. The largest absolute Gasteiger partial charge is 0.497 e. The summed E-state index contributed by atoms with van der Waals surface area (Å²) in [5.74, 6) is 0.124. The molecule has 184 valence electrons. The lowest BCUT2D eigenvalue weighted by Crippen LogP contribution is -2.35. The molecule has 34 heavy (non-hydrogen) atoms. The summed E-state index contributed by atoms with van der Waals surface area (Å²) in [6.07, 6.45) is 3.13. The van der Waals surface area contributed by atoms with Crippen molar-refractivity contribution < 1.29 is 32.6 Å². The Morgan fingerprint density at radius 3 is 2.53 bits per heavy atom. The lowest BCUT2D eigenvalue weighted by atomic mass is 10.3. The highest BCUT2D eigenvalue weighted by molar-refractivity contribution is 7.52. The Hall–Kier alpha value is -3.18. The summed E-state index contributed by atoms with van der Waals surface area (Å²) in [6.45, 7) is 2.79. The van der Waals surface area contributed by atoms with Gasteiger partial charge in [-0.2, -0.15) is 5.09 Å². The highest BCUT2D eigenvalue weighted by atomic mass is 31.2. The van der Waals surface area contributed by atoms with Crippen LogP contribution in [0, 0.1) is 6.92 Å². The van der Waals surface area contributed by atoms with Gasteiger partial charge in [0.15, 0.2) is 6.23 Å². The van der Waals surface area contributed by atoms with E-state index in [4.69, 9.17) is 18.5 Å². The third kappa shape index (κ3) is 6.23. The molecule has 0 spiro atoms. The topological polar surface area (TPSA) is 147 Å². The van der Waals surface area contributed by atoms with E-state index in [0.29, 0.717) is 11.3 Å². The Kier molecular flexibility index (Phi) is 8.11. The van der Waals surface area contributed by atoms with Gasteiger partial charge in [-0.25, -0.2) is 9.36 Å². The molecule has 2 heterocycles. The van der Waals surface area contributed by atoms with Gasteiger partial charge in [-0.1, -0.05) is 6.08 Å². The minimum Gasteiger partial charge on any atom is -0.497 e. The number of hydrogen-bond acceptors (Lipinski definition) is 9. The summed E-state index contributed by atoms with van der Waals surface area (Å²) < 4.78 is 41.3. The van der Waals surface area contributed by atoms with Crippen LogP contribution in [-0.2, 0) is 23.4 Å². The predicted molar refractivity (Wildman–Crippen MR) is 121 cm³/mol. The lowest BCUT2D eigenvalue weighted by molar-refractivity contribution is -0.142. The number of ether oxygens (including phenoxy) is 3. The Morgan fingerprint density at radius 2 is 1.88 bits per heavy atom. The van der Waals surface area contributed by atoms with Crippen LogP contribution in [0.2, 0.25) is 0 Å². The van der Waals surface area contributed by atoms with E-state index in [1.807, 2.05) is 0 Å². The average molecular weight is 495 g/mol. The molecule has 1 aliphatic heterocycles. The fraction of sp³-hybridized carbons (Fsp3) is 0.381. The zero-order chi connectivity index (χ0) is 24.9. The normalized spacial score (nSPS) is 19.9. The van der Waals surface area contributed by atoms with Gasteiger partial charge in [0.1, 0.15) is 23.6 Å². The molecule has 4 atom stereocenters. The number of rotatable bonds is 10. The summed E-state index contributed by atoms with van der Waals surface area (Å²) >= 11 is 0. The second-order valence-corrected chi connectivity index (χ2v) is 9.06. The van der Waals surface area contributed by atoms with Crippen LogP contribution < -0.4 is 25.6 Å². The lowest BCUT2D eigenvalue weighted by Gasteiger charge is -2.24. The zero-order valence-corrected chi connectivity index (χ0v) is 19.9. The van der Waals surface area contributed by atoms with Crippen LogP contribution in [0.25, 0.3) is 0 Å². The Bertz CT molecular complexity index is 1210.